The summed E-state index contributed by atoms with van der Waals surface area (Å²) in [7, 11) is 0. The van der Waals surface area contributed by atoms with Gasteiger partial charge in [0.05, 0.1) is 5.56 Å². The molecule has 1 heterocycles. The summed E-state index contributed by atoms with van der Waals surface area (Å²) in [5, 5.41) is 14.8. The maximum Gasteiger partial charge on any atom is 0.320 e. The van der Waals surface area contributed by atoms with Gasteiger partial charge in [-0.25, -0.2) is 9.18 Å². The first-order valence-electron chi connectivity index (χ1n) is 9.33. The quantitative estimate of drug-likeness (QED) is 0.388. The Labute approximate surface area is 177 Å². The van der Waals surface area contributed by atoms with E-state index >= 15 is 0 Å². The first kappa shape index (κ1) is 23.3. The van der Waals surface area contributed by atoms with Crippen LogP contribution in [0.1, 0.15) is 36.2 Å². The van der Waals surface area contributed by atoms with Crippen molar-refractivity contribution in [2.45, 2.75) is 32.7 Å². The number of carboxylic acid groups (broad SMARTS) is 1. The van der Waals surface area contributed by atoms with Gasteiger partial charge in [-0.05, 0) is 48.1 Å². The van der Waals surface area contributed by atoms with Gasteiger partial charge in [0, 0.05) is 11.4 Å². The Morgan fingerprint density at radius 1 is 1.20 bits per heavy atom. The predicted molar refractivity (Wildman–Crippen MR) is 114 cm³/mol. The van der Waals surface area contributed by atoms with E-state index in [1.165, 1.54) is 12.1 Å². The number of hydrogen-bond donors (Lipinski definition) is 5. The molecule has 3 amide bonds. The first-order chi connectivity index (χ1) is 14.1. The Morgan fingerprint density at radius 2 is 1.90 bits per heavy atom. The van der Waals surface area contributed by atoms with E-state index in [9.17, 15) is 23.9 Å². The zero-order valence-corrected chi connectivity index (χ0v) is 17.5. The summed E-state index contributed by atoms with van der Waals surface area (Å²) in [6.07, 6.45) is 0.751. The topological polar surface area (TPSA) is 148 Å². The van der Waals surface area contributed by atoms with E-state index < -0.39 is 29.8 Å². The van der Waals surface area contributed by atoms with Crippen LogP contribution < -0.4 is 22.1 Å². The standard InChI is InChI=1S/C20H25FN4O4S/c1-10(2)7-15(19(27)28)24-6-5-11-8-12(3-4-14(11)21)16-9-13(17(22)26)18(30-16)25-20(23)29/h3-4,8-10,15,24H,5-7H2,1-2H3,(H2,22,26)(H,27,28)(H3,23,25,29)/t15-/m0/s1. The highest BCUT2D eigenvalue weighted by atomic mass is 32.1. The lowest BCUT2D eigenvalue weighted by Gasteiger charge is -2.16. The molecule has 0 radical (unpaired) electrons. The van der Waals surface area contributed by atoms with Crippen LogP contribution in [0.25, 0.3) is 10.4 Å². The molecule has 0 aliphatic rings. The van der Waals surface area contributed by atoms with E-state index in [-0.39, 0.29) is 29.4 Å². The van der Waals surface area contributed by atoms with E-state index in [1.54, 1.807) is 12.1 Å². The Bertz CT molecular complexity index is 945. The van der Waals surface area contributed by atoms with Crippen molar-refractivity contribution in [3.05, 3.63) is 41.2 Å². The number of aliphatic carboxylic acids is 1. The Morgan fingerprint density at radius 3 is 2.47 bits per heavy atom. The zero-order chi connectivity index (χ0) is 22.4. The molecule has 0 fully saturated rings. The van der Waals surface area contributed by atoms with Crippen LogP contribution in [0, 0.1) is 11.7 Å². The SMILES string of the molecule is CC(C)C[C@H](NCCc1cc(-c2cc(C(N)=O)c(NC(N)=O)s2)ccc1F)C(=O)O. The second-order valence-electron chi connectivity index (χ2n) is 7.24. The third kappa shape index (κ3) is 6.26. The van der Waals surface area contributed by atoms with Crippen LogP contribution in [0.2, 0.25) is 0 Å². The number of carbonyl (C=O) groups is 3. The first-order valence-corrected chi connectivity index (χ1v) is 10.1. The molecule has 2 aromatic rings. The van der Waals surface area contributed by atoms with Gasteiger partial charge >= 0.3 is 12.0 Å². The summed E-state index contributed by atoms with van der Waals surface area (Å²) in [5.74, 6) is -1.87. The number of nitrogens with one attached hydrogen (secondary N) is 2. The molecule has 2 rings (SSSR count). The number of hydrogen-bond acceptors (Lipinski definition) is 5. The molecule has 162 valence electrons. The minimum absolute atomic E-state index is 0.110. The maximum absolute atomic E-state index is 14.3. The predicted octanol–water partition coefficient (Wildman–Crippen LogP) is 2.78. The summed E-state index contributed by atoms with van der Waals surface area (Å²) in [6, 6.07) is 4.46. The van der Waals surface area contributed by atoms with Gasteiger partial charge in [-0.15, -0.1) is 11.3 Å². The number of thiophene rings is 1. The van der Waals surface area contributed by atoms with Crippen molar-refractivity contribution in [2.75, 3.05) is 11.9 Å². The highest BCUT2D eigenvalue weighted by Gasteiger charge is 2.19. The smallest absolute Gasteiger partial charge is 0.320 e. The number of urea groups is 1. The van der Waals surface area contributed by atoms with Crippen LogP contribution >= 0.6 is 11.3 Å². The summed E-state index contributed by atoms with van der Waals surface area (Å²) in [6.45, 7) is 4.16. The zero-order valence-electron chi connectivity index (χ0n) is 16.7. The van der Waals surface area contributed by atoms with Gasteiger partial charge < -0.3 is 21.9 Å². The van der Waals surface area contributed by atoms with Crippen molar-refractivity contribution in [1.29, 1.82) is 0 Å². The number of benzene rings is 1. The molecule has 0 spiro atoms. The molecule has 1 aromatic carbocycles. The fourth-order valence-electron chi connectivity index (χ4n) is 2.96. The monoisotopic (exact) mass is 436 g/mol. The van der Waals surface area contributed by atoms with Crippen LogP contribution in [0.3, 0.4) is 0 Å². The van der Waals surface area contributed by atoms with Crippen LogP contribution in [0.4, 0.5) is 14.2 Å². The molecule has 0 bridgehead atoms. The number of halogens is 1. The van der Waals surface area contributed by atoms with E-state index in [2.05, 4.69) is 10.6 Å². The molecule has 1 atom stereocenters. The highest BCUT2D eigenvalue weighted by molar-refractivity contribution is 7.20. The molecule has 0 saturated carbocycles. The molecule has 30 heavy (non-hydrogen) atoms. The van der Waals surface area contributed by atoms with Gasteiger partial charge in [-0.2, -0.15) is 0 Å². The third-order valence-electron chi connectivity index (χ3n) is 4.35. The Hall–Kier alpha value is -2.98. The van der Waals surface area contributed by atoms with Gasteiger partial charge in [0.2, 0.25) is 0 Å². The minimum atomic E-state index is -0.940. The second-order valence-corrected chi connectivity index (χ2v) is 8.29. The summed E-state index contributed by atoms with van der Waals surface area (Å²) < 4.78 is 14.3. The number of carboxylic acids is 1. The molecule has 0 unspecified atom stereocenters. The maximum atomic E-state index is 14.3. The lowest BCUT2D eigenvalue weighted by molar-refractivity contribution is -0.139. The second kappa shape index (κ2) is 10.2. The van der Waals surface area contributed by atoms with E-state index in [1.807, 2.05) is 13.8 Å². The number of nitrogens with two attached hydrogens (primary N) is 2. The number of primary amides is 2. The van der Waals surface area contributed by atoms with Crippen molar-refractivity contribution in [3.63, 3.8) is 0 Å². The molecular formula is C20H25FN4O4S. The molecule has 0 saturated heterocycles. The van der Waals surface area contributed by atoms with Gasteiger partial charge in [-0.1, -0.05) is 19.9 Å². The van der Waals surface area contributed by atoms with Gasteiger partial charge in [-0.3, -0.25) is 14.9 Å². The average Bonchev–Trinajstić information content (AvgIpc) is 3.05. The van der Waals surface area contributed by atoms with Crippen LogP contribution in [-0.2, 0) is 11.2 Å². The fourth-order valence-corrected chi connectivity index (χ4v) is 4.03. The van der Waals surface area contributed by atoms with Crippen molar-refractivity contribution < 1.29 is 23.9 Å². The molecular weight excluding hydrogens is 411 g/mol. The van der Waals surface area contributed by atoms with Gasteiger partial charge in [0.25, 0.3) is 5.91 Å². The van der Waals surface area contributed by atoms with Crippen LogP contribution in [-0.4, -0.2) is 35.6 Å². The summed E-state index contributed by atoms with van der Waals surface area (Å²) in [5.41, 5.74) is 11.6. The van der Waals surface area contributed by atoms with Crippen LogP contribution in [0.15, 0.2) is 24.3 Å². The Balaban J connectivity index is 2.20. The number of rotatable bonds is 10. The number of anilines is 1. The molecule has 8 nitrogen and oxygen atoms in total. The van der Waals surface area contributed by atoms with Crippen molar-refractivity contribution in [3.8, 4) is 10.4 Å². The molecule has 0 aliphatic carbocycles. The average molecular weight is 437 g/mol. The van der Waals surface area contributed by atoms with Crippen LogP contribution in [0.5, 0.6) is 0 Å². The van der Waals surface area contributed by atoms with Gasteiger partial charge in [0.15, 0.2) is 0 Å². The highest BCUT2D eigenvalue weighted by Crippen LogP contribution is 2.36. The lowest BCUT2D eigenvalue weighted by Crippen LogP contribution is -2.38. The van der Waals surface area contributed by atoms with E-state index in [0.29, 0.717) is 22.4 Å². The molecule has 10 heteroatoms. The molecule has 0 aliphatic heterocycles. The number of carbonyl (C=O) groups excluding carboxylic acids is 2. The van der Waals surface area contributed by atoms with Crippen molar-refractivity contribution in [1.82, 2.24) is 5.32 Å². The van der Waals surface area contributed by atoms with E-state index in [0.717, 1.165) is 11.3 Å². The largest absolute Gasteiger partial charge is 0.480 e. The van der Waals surface area contributed by atoms with Crippen molar-refractivity contribution >= 4 is 34.2 Å². The summed E-state index contributed by atoms with van der Waals surface area (Å²) >= 11 is 1.09. The third-order valence-corrected chi connectivity index (χ3v) is 5.45. The van der Waals surface area contributed by atoms with Crippen molar-refractivity contribution in [2.24, 2.45) is 17.4 Å². The Kier molecular flexibility index (Phi) is 7.90. The minimum Gasteiger partial charge on any atom is -0.480 e. The van der Waals surface area contributed by atoms with E-state index in [4.69, 9.17) is 11.5 Å². The van der Waals surface area contributed by atoms with Gasteiger partial charge in [0.1, 0.15) is 16.9 Å². The lowest BCUT2D eigenvalue weighted by atomic mass is 10.0. The molecule has 1 aromatic heterocycles. The number of amides is 3. The summed E-state index contributed by atoms with van der Waals surface area (Å²) in [4.78, 5) is 34.7. The fraction of sp³-hybridized carbons (Fsp3) is 0.350. The normalized spacial score (nSPS) is 12.0. The molecule has 7 N–H and O–H groups in total.